The maximum atomic E-state index is 13.3. The van der Waals surface area contributed by atoms with Crippen molar-refractivity contribution < 1.29 is 24.9 Å². The molecule has 11 atom stereocenters. The van der Waals surface area contributed by atoms with E-state index in [2.05, 4.69) is 37.8 Å². The third-order valence-corrected chi connectivity index (χ3v) is 13.4. The summed E-state index contributed by atoms with van der Waals surface area (Å²) in [5.41, 5.74) is 1.05. The number of ether oxygens (including phenoxy) is 1. The Balaban J connectivity index is 1.06. The molecule has 3 N–H and O–H groups in total. The number of benzene rings is 1. The molecule has 5 fully saturated rings. The predicted molar refractivity (Wildman–Crippen MR) is 164 cm³/mol. The third-order valence-electron chi connectivity index (χ3n) is 13.4. The molecule has 11 unspecified atom stereocenters. The van der Waals surface area contributed by atoms with Crippen LogP contribution >= 0.6 is 0 Å². The number of nitrogens with zero attached hydrogens (tertiary/aromatic N) is 2. The first kappa shape index (κ1) is 30.2. The Kier molecular flexibility index (Phi) is 8.34. The second kappa shape index (κ2) is 11.6. The summed E-state index contributed by atoms with van der Waals surface area (Å²) in [4.78, 5) is 17.6. The fourth-order valence-electron chi connectivity index (χ4n) is 10.8. The van der Waals surface area contributed by atoms with Gasteiger partial charge in [0.25, 0.3) is 0 Å². The van der Waals surface area contributed by atoms with Crippen molar-refractivity contribution in [1.29, 1.82) is 0 Å². The largest absolute Gasteiger partial charge is 0.497 e. The van der Waals surface area contributed by atoms with Gasteiger partial charge in [-0.3, -0.25) is 4.79 Å². The van der Waals surface area contributed by atoms with Crippen LogP contribution < -0.4 is 9.64 Å². The Bertz CT molecular complexity index is 1110. The summed E-state index contributed by atoms with van der Waals surface area (Å²) >= 11 is 0. The van der Waals surface area contributed by atoms with Crippen LogP contribution in [0.5, 0.6) is 5.75 Å². The van der Waals surface area contributed by atoms with Gasteiger partial charge in [-0.15, -0.1) is 0 Å². The molecule has 0 bridgehead atoms. The van der Waals surface area contributed by atoms with Gasteiger partial charge < -0.3 is 29.9 Å². The number of piperazine rings is 1. The van der Waals surface area contributed by atoms with E-state index in [4.69, 9.17) is 4.74 Å². The molecule has 5 aliphatic rings. The number of carbonyl (C=O) groups is 1. The lowest BCUT2D eigenvalue weighted by molar-refractivity contribution is -0.207. The van der Waals surface area contributed by atoms with Crippen LogP contribution in [-0.4, -0.2) is 77.7 Å². The van der Waals surface area contributed by atoms with Gasteiger partial charge in [-0.25, -0.2) is 0 Å². The fraction of sp³-hybridized carbons (Fsp3) is 0.800. The van der Waals surface area contributed by atoms with Crippen molar-refractivity contribution >= 4 is 11.6 Å². The van der Waals surface area contributed by atoms with Crippen LogP contribution in [0.2, 0.25) is 0 Å². The number of aliphatic hydroxyl groups excluding tert-OH is 3. The van der Waals surface area contributed by atoms with E-state index >= 15 is 0 Å². The SMILES string of the molecule is COc1ccc(N2CCN(C(=O)CCC(C)C3CCC4C5C(O)CC6CC(O)CCC6(C)C5CC(O)C34C)CC2)cc1. The highest BCUT2D eigenvalue weighted by atomic mass is 16.5. The van der Waals surface area contributed by atoms with Crippen molar-refractivity contribution in [2.24, 2.45) is 46.3 Å². The van der Waals surface area contributed by atoms with Crippen LogP contribution in [0, 0.1) is 46.3 Å². The van der Waals surface area contributed by atoms with Crippen molar-refractivity contribution in [3.8, 4) is 5.75 Å². The van der Waals surface area contributed by atoms with Crippen molar-refractivity contribution in [2.45, 2.75) is 96.9 Å². The molecule has 7 nitrogen and oxygen atoms in total. The summed E-state index contributed by atoms with van der Waals surface area (Å²) in [5.74, 6) is 3.03. The van der Waals surface area contributed by atoms with Crippen LogP contribution in [-0.2, 0) is 4.79 Å². The first-order valence-electron chi connectivity index (χ1n) is 16.8. The maximum absolute atomic E-state index is 13.3. The molecule has 1 aromatic carbocycles. The highest BCUT2D eigenvalue weighted by Gasteiger charge is 2.65. The van der Waals surface area contributed by atoms with Crippen LogP contribution in [0.15, 0.2) is 24.3 Å². The molecule has 1 aliphatic heterocycles. The minimum absolute atomic E-state index is 0.0962. The number of rotatable bonds is 6. The first-order valence-corrected chi connectivity index (χ1v) is 16.8. The van der Waals surface area contributed by atoms with Crippen molar-refractivity contribution in [1.82, 2.24) is 4.90 Å². The molecule has 1 aromatic rings. The van der Waals surface area contributed by atoms with Gasteiger partial charge in [0.1, 0.15) is 5.75 Å². The van der Waals surface area contributed by atoms with Gasteiger partial charge >= 0.3 is 0 Å². The summed E-state index contributed by atoms with van der Waals surface area (Å²) in [7, 11) is 1.68. The van der Waals surface area contributed by atoms with E-state index in [0.717, 1.165) is 83.3 Å². The Morgan fingerprint density at radius 3 is 2.38 bits per heavy atom. The Morgan fingerprint density at radius 2 is 1.69 bits per heavy atom. The van der Waals surface area contributed by atoms with Crippen LogP contribution in [0.4, 0.5) is 5.69 Å². The molecule has 0 radical (unpaired) electrons. The molecule has 42 heavy (non-hydrogen) atoms. The summed E-state index contributed by atoms with van der Waals surface area (Å²) in [6.07, 6.45) is 6.76. The average Bonchev–Trinajstić information content (AvgIpc) is 3.35. The molecule has 234 valence electrons. The normalized spacial score (nSPS) is 42.4. The van der Waals surface area contributed by atoms with Gasteiger partial charge in [-0.1, -0.05) is 20.8 Å². The number of hydrogen-bond acceptors (Lipinski definition) is 6. The summed E-state index contributed by atoms with van der Waals surface area (Å²) in [5, 5.41) is 33.7. The third kappa shape index (κ3) is 5.05. The van der Waals surface area contributed by atoms with Gasteiger partial charge in [0, 0.05) is 38.3 Å². The molecule has 6 rings (SSSR count). The zero-order valence-corrected chi connectivity index (χ0v) is 26.3. The monoisotopic (exact) mass is 582 g/mol. The van der Waals surface area contributed by atoms with E-state index in [1.165, 1.54) is 5.69 Å². The van der Waals surface area contributed by atoms with E-state index in [9.17, 15) is 20.1 Å². The van der Waals surface area contributed by atoms with Crippen molar-refractivity contribution in [2.75, 3.05) is 38.2 Å². The lowest BCUT2D eigenvalue weighted by atomic mass is 9.43. The molecule has 1 amide bonds. The molecule has 1 saturated heterocycles. The number of carbonyl (C=O) groups excluding carboxylic acids is 1. The molecular weight excluding hydrogens is 528 g/mol. The lowest BCUT2D eigenvalue weighted by Crippen LogP contribution is -2.62. The lowest BCUT2D eigenvalue weighted by Gasteiger charge is -2.63. The number of methoxy groups -OCH3 is 1. The number of fused-ring (bicyclic) bond motifs is 5. The summed E-state index contributed by atoms with van der Waals surface area (Å²) in [6.45, 7) is 10.2. The fourth-order valence-corrected chi connectivity index (χ4v) is 10.8. The van der Waals surface area contributed by atoms with Gasteiger partial charge in [0.05, 0.1) is 25.4 Å². The van der Waals surface area contributed by atoms with Gasteiger partial charge in [-0.2, -0.15) is 0 Å². The standard InChI is InChI=1S/C35H54N2O5/c1-22(5-12-32(41)37-17-15-36(16-18-37)24-6-8-26(42-4)9-7-24)27-10-11-28-33-29(21-31(40)35(27,28)3)34(2)14-13-25(38)19-23(34)20-30(33)39/h6-9,22-23,25,27-31,33,38-40H,5,10-21H2,1-4H3. The average molecular weight is 583 g/mol. The molecule has 7 heteroatoms. The number of anilines is 1. The molecule has 1 heterocycles. The number of hydrogen-bond donors (Lipinski definition) is 3. The second-order valence-electron chi connectivity index (χ2n) is 15.1. The maximum Gasteiger partial charge on any atom is 0.222 e. The van der Waals surface area contributed by atoms with E-state index in [1.807, 2.05) is 17.0 Å². The predicted octanol–water partition coefficient (Wildman–Crippen LogP) is 4.72. The minimum Gasteiger partial charge on any atom is -0.497 e. The van der Waals surface area contributed by atoms with Gasteiger partial charge in [-0.05, 0) is 122 Å². The van der Waals surface area contributed by atoms with Crippen LogP contribution in [0.1, 0.15) is 78.6 Å². The molecule has 0 spiro atoms. The van der Waals surface area contributed by atoms with E-state index in [0.29, 0.717) is 36.0 Å². The molecular formula is C35H54N2O5. The number of aliphatic hydroxyl groups is 3. The summed E-state index contributed by atoms with van der Waals surface area (Å²) < 4.78 is 5.28. The quantitative estimate of drug-likeness (QED) is 0.450. The Hall–Kier alpha value is -1.83. The van der Waals surface area contributed by atoms with Crippen molar-refractivity contribution in [3.05, 3.63) is 24.3 Å². The molecule has 0 aromatic heterocycles. The van der Waals surface area contributed by atoms with E-state index < -0.39 is 0 Å². The van der Waals surface area contributed by atoms with Crippen LogP contribution in [0.3, 0.4) is 0 Å². The van der Waals surface area contributed by atoms with Crippen molar-refractivity contribution in [3.63, 3.8) is 0 Å². The second-order valence-corrected chi connectivity index (χ2v) is 15.1. The first-order chi connectivity index (χ1) is 20.1. The smallest absolute Gasteiger partial charge is 0.222 e. The van der Waals surface area contributed by atoms with Gasteiger partial charge in [0.15, 0.2) is 0 Å². The highest BCUT2D eigenvalue weighted by molar-refractivity contribution is 5.76. The summed E-state index contributed by atoms with van der Waals surface area (Å²) in [6, 6.07) is 8.14. The number of amides is 1. The van der Waals surface area contributed by atoms with E-state index in [1.54, 1.807) is 7.11 Å². The topological polar surface area (TPSA) is 93.5 Å². The molecule has 4 saturated carbocycles. The highest BCUT2D eigenvalue weighted by Crippen LogP contribution is 2.68. The molecule has 4 aliphatic carbocycles. The Labute approximate surface area is 252 Å². The minimum atomic E-state index is -0.380. The zero-order chi connectivity index (χ0) is 29.8. The van der Waals surface area contributed by atoms with E-state index in [-0.39, 0.29) is 41.0 Å². The van der Waals surface area contributed by atoms with Crippen LogP contribution in [0.25, 0.3) is 0 Å². The zero-order valence-electron chi connectivity index (χ0n) is 26.3. The Morgan fingerprint density at radius 1 is 0.976 bits per heavy atom. The van der Waals surface area contributed by atoms with Gasteiger partial charge in [0.2, 0.25) is 5.91 Å².